The average Bonchev–Trinajstić information content (AvgIpc) is 3.28. The molecule has 6 heteroatoms. The highest BCUT2D eigenvalue weighted by Crippen LogP contribution is 2.38. The second-order valence-corrected chi connectivity index (χ2v) is 8.21. The molecule has 0 aliphatic rings. The van der Waals surface area contributed by atoms with Crippen LogP contribution in [0.15, 0.2) is 89.6 Å². The summed E-state index contributed by atoms with van der Waals surface area (Å²) in [6, 6.07) is 21.3. The van der Waals surface area contributed by atoms with E-state index in [0.717, 1.165) is 39.4 Å². The van der Waals surface area contributed by atoms with Crippen molar-refractivity contribution in [3.8, 4) is 16.9 Å². The Morgan fingerprint density at radius 3 is 2.51 bits per heavy atom. The molecule has 0 fully saturated rings. The minimum Gasteiger partial charge on any atom is -0.496 e. The van der Waals surface area contributed by atoms with Crippen LogP contribution in [0.1, 0.15) is 12.5 Å². The third kappa shape index (κ3) is 4.38. The monoisotopic (exact) mass is 469 g/mol. The van der Waals surface area contributed by atoms with Crippen LogP contribution in [0.4, 0.5) is 14.5 Å². The second-order valence-electron chi connectivity index (χ2n) is 8.21. The summed E-state index contributed by atoms with van der Waals surface area (Å²) in [5.41, 5.74) is 4.10. The van der Waals surface area contributed by atoms with Crippen LogP contribution >= 0.6 is 0 Å². The van der Waals surface area contributed by atoms with E-state index < -0.39 is 17.5 Å². The molecular weight excluding hydrogens is 448 g/mol. The maximum Gasteiger partial charge on any atom is 0.248 e. The summed E-state index contributed by atoms with van der Waals surface area (Å²) in [5.74, 6) is -1.93. The molecule has 0 atom stereocenters. The number of amides is 1. The van der Waals surface area contributed by atoms with Gasteiger partial charge in [0, 0.05) is 40.4 Å². The Hall–Kier alpha value is -4.45. The Morgan fingerprint density at radius 1 is 0.943 bits per heavy atom. The number of benzene rings is 4. The van der Waals surface area contributed by atoms with Crippen molar-refractivity contribution in [1.82, 2.24) is 0 Å². The Morgan fingerprint density at radius 2 is 1.74 bits per heavy atom. The molecule has 35 heavy (non-hydrogen) atoms. The molecule has 0 unspecified atom stereocenters. The first-order valence-electron chi connectivity index (χ1n) is 11.0. The van der Waals surface area contributed by atoms with Crippen LogP contribution in [0.5, 0.6) is 5.75 Å². The van der Waals surface area contributed by atoms with Crippen LogP contribution in [-0.4, -0.2) is 13.0 Å². The number of hydrogen-bond acceptors (Lipinski definition) is 3. The van der Waals surface area contributed by atoms with Gasteiger partial charge in [0.25, 0.3) is 0 Å². The number of ether oxygens (including phenoxy) is 1. The third-order valence-electron chi connectivity index (χ3n) is 5.92. The second kappa shape index (κ2) is 9.06. The first kappa shape index (κ1) is 22.3. The van der Waals surface area contributed by atoms with E-state index in [9.17, 15) is 13.6 Å². The van der Waals surface area contributed by atoms with Crippen molar-refractivity contribution in [2.75, 3.05) is 12.4 Å². The molecule has 0 radical (unpaired) electrons. The number of methoxy groups -OCH3 is 1. The minimum atomic E-state index is -1.03. The van der Waals surface area contributed by atoms with Crippen molar-refractivity contribution >= 4 is 38.9 Å². The summed E-state index contributed by atoms with van der Waals surface area (Å²) >= 11 is 0. The highest BCUT2D eigenvalue weighted by atomic mass is 19.2. The highest BCUT2D eigenvalue weighted by Gasteiger charge is 2.15. The number of hydrogen-bond donors (Lipinski definition) is 1. The lowest BCUT2D eigenvalue weighted by molar-refractivity contribution is -0.111. The van der Waals surface area contributed by atoms with E-state index in [1.807, 2.05) is 18.2 Å². The lowest BCUT2D eigenvalue weighted by atomic mass is 9.97. The maximum absolute atomic E-state index is 13.5. The number of allylic oxidation sites excluding steroid dienone is 1. The SMILES string of the molecule is COc1cc2occ(-c3ccc4ccccc4c3)c2cc1/C(C)=C/C(=O)Nc1ccc(F)c(F)c1. The minimum absolute atomic E-state index is 0.161. The van der Waals surface area contributed by atoms with E-state index in [0.29, 0.717) is 22.5 Å². The summed E-state index contributed by atoms with van der Waals surface area (Å²) < 4.78 is 38.0. The standard InChI is InChI=1S/C29H21F2NO3/c1-17(11-29(33)32-21-9-10-25(30)26(31)13-21)22-14-23-24(16-35-28(23)15-27(22)34-2)20-8-7-18-5-3-4-6-19(18)12-20/h3-16H,1-2H3,(H,32,33)/b17-11+. The molecule has 174 valence electrons. The molecule has 1 N–H and O–H groups in total. The molecular formula is C29H21F2NO3. The molecule has 1 heterocycles. The van der Waals surface area contributed by atoms with Crippen molar-refractivity contribution in [3.05, 3.63) is 102 Å². The summed E-state index contributed by atoms with van der Waals surface area (Å²) in [6.07, 6.45) is 3.10. The molecule has 0 saturated carbocycles. The number of carbonyl (C=O) groups excluding carboxylic acids is 1. The largest absolute Gasteiger partial charge is 0.496 e. The van der Waals surface area contributed by atoms with Gasteiger partial charge in [-0.3, -0.25) is 4.79 Å². The predicted molar refractivity (Wildman–Crippen MR) is 134 cm³/mol. The predicted octanol–water partition coefficient (Wildman–Crippen LogP) is 7.58. The Kier molecular flexibility index (Phi) is 5.79. The highest BCUT2D eigenvalue weighted by molar-refractivity contribution is 6.05. The van der Waals surface area contributed by atoms with Gasteiger partial charge in [0.1, 0.15) is 11.3 Å². The zero-order valence-electron chi connectivity index (χ0n) is 19.1. The van der Waals surface area contributed by atoms with E-state index in [2.05, 4.69) is 35.6 Å². The van der Waals surface area contributed by atoms with Gasteiger partial charge in [0.15, 0.2) is 11.6 Å². The Balaban J connectivity index is 1.52. The molecule has 5 aromatic rings. The topological polar surface area (TPSA) is 51.5 Å². The van der Waals surface area contributed by atoms with Gasteiger partial charge in [-0.15, -0.1) is 0 Å². The summed E-state index contributed by atoms with van der Waals surface area (Å²) in [5, 5.41) is 5.71. The average molecular weight is 469 g/mol. The van der Waals surface area contributed by atoms with E-state index in [4.69, 9.17) is 9.15 Å². The summed E-state index contributed by atoms with van der Waals surface area (Å²) in [4.78, 5) is 12.6. The normalized spacial score (nSPS) is 11.7. The van der Waals surface area contributed by atoms with Gasteiger partial charge in [0.05, 0.1) is 13.4 Å². The number of halogens is 2. The van der Waals surface area contributed by atoms with Crippen LogP contribution in [0.3, 0.4) is 0 Å². The van der Waals surface area contributed by atoms with Crippen LogP contribution < -0.4 is 10.1 Å². The van der Waals surface area contributed by atoms with Crippen molar-refractivity contribution in [2.24, 2.45) is 0 Å². The van der Waals surface area contributed by atoms with Gasteiger partial charge in [-0.2, -0.15) is 0 Å². The fourth-order valence-electron chi connectivity index (χ4n) is 4.14. The van der Waals surface area contributed by atoms with E-state index in [1.165, 1.54) is 12.1 Å². The van der Waals surface area contributed by atoms with Crippen molar-refractivity contribution in [2.45, 2.75) is 6.92 Å². The van der Waals surface area contributed by atoms with Gasteiger partial charge in [0.2, 0.25) is 5.91 Å². The Labute approximate surface area is 200 Å². The van der Waals surface area contributed by atoms with Gasteiger partial charge >= 0.3 is 0 Å². The van der Waals surface area contributed by atoms with E-state index >= 15 is 0 Å². The molecule has 1 amide bonds. The molecule has 0 saturated heterocycles. The number of anilines is 1. The smallest absolute Gasteiger partial charge is 0.248 e. The molecule has 0 spiro atoms. The molecule has 0 bridgehead atoms. The molecule has 5 rings (SSSR count). The quantitative estimate of drug-likeness (QED) is 0.270. The molecule has 0 aliphatic carbocycles. The summed E-state index contributed by atoms with van der Waals surface area (Å²) in [7, 11) is 1.55. The molecule has 4 aromatic carbocycles. The number of nitrogens with one attached hydrogen (secondary N) is 1. The third-order valence-corrected chi connectivity index (χ3v) is 5.92. The van der Waals surface area contributed by atoms with Crippen molar-refractivity contribution < 1.29 is 22.7 Å². The first-order chi connectivity index (χ1) is 16.9. The lowest BCUT2D eigenvalue weighted by Gasteiger charge is -2.10. The van der Waals surface area contributed by atoms with Crippen molar-refractivity contribution in [1.29, 1.82) is 0 Å². The van der Waals surface area contributed by atoms with Gasteiger partial charge in [-0.05, 0) is 53.1 Å². The zero-order valence-corrected chi connectivity index (χ0v) is 19.1. The summed E-state index contributed by atoms with van der Waals surface area (Å²) in [6.45, 7) is 1.78. The molecule has 4 nitrogen and oxygen atoms in total. The number of rotatable bonds is 5. The zero-order chi connectivity index (χ0) is 24.5. The maximum atomic E-state index is 13.5. The van der Waals surface area contributed by atoms with Crippen molar-refractivity contribution in [3.63, 3.8) is 0 Å². The molecule has 0 aliphatic heterocycles. The van der Waals surface area contributed by atoms with Crippen LogP contribution in [0.2, 0.25) is 0 Å². The van der Waals surface area contributed by atoms with Crippen LogP contribution in [0, 0.1) is 11.6 Å². The fourth-order valence-corrected chi connectivity index (χ4v) is 4.14. The van der Waals surface area contributed by atoms with Crippen LogP contribution in [0.25, 0.3) is 38.4 Å². The lowest BCUT2D eigenvalue weighted by Crippen LogP contribution is -2.09. The number of furan rings is 1. The van der Waals surface area contributed by atoms with Gasteiger partial charge in [-0.1, -0.05) is 36.4 Å². The fraction of sp³-hybridized carbons (Fsp3) is 0.0690. The number of carbonyl (C=O) groups is 1. The van der Waals surface area contributed by atoms with Gasteiger partial charge in [-0.25, -0.2) is 8.78 Å². The van der Waals surface area contributed by atoms with E-state index in [-0.39, 0.29) is 5.69 Å². The Bertz CT molecular complexity index is 1620. The molecule has 1 aromatic heterocycles. The van der Waals surface area contributed by atoms with Crippen LogP contribution in [-0.2, 0) is 4.79 Å². The van der Waals surface area contributed by atoms with Gasteiger partial charge < -0.3 is 14.5 Å². The first-order valence-corrected chi connectivity index (χ1v) is 11.0. The number of fused-ring (bicyclic) bond motifs is 2. The van der Waals surface area contributed by atoms with E-state index in [1.54, 1.807) is 26.4 Å².